The van der Waals surface area contributed by atoms with Gasteiger partial charge in [-0.05, 0) is 24.6 Å². The van der Waals surface area contributed by atoms with Gasteiger partial charge in [0, 0.05) is 4.47 Å². The van der Waals surface area contributed by atoms with Crippen LogP contribution in [0.2, 0.25) is 0 Å². The third-order valence-corrected chi connectivity index (χ3v) is 4.52. The van der Waals surface area contributed by atoms with E-state index >= 15 is 0 Å². The van der Waals surface area contributed by atoms with Gasteiger partial charge in [-0.1, -0.05) is 34.2 Å². The monoisotopic (exact) mass is 348 g/mol. The van der Waals surface area contributed by atoms with E-state index in [9.17, 15) is 0 Å². The van der Waals surface area contributed by atoms with Crippen molar-refractivity contribution in [3.8, 4) is 11.6 Å². The Morgan fingerprint density at radius 3 is 3.05 bits per heavy atom. The third kappa shape index (κ3) is 1.85. The number of aromatic nitrogens is 4. The van der Waals surface area contributed by atoms with E-state index in [4.69, 9.17) is 4.42 Å². The molecule has 0 saturated carbocycles. The summed E-state index contributed by atoms with van der Waals surface area (Å²) >= 11 is 5.01. The average molecular weight is 349 g/mol. The first-order chi connectivity index (χ1) is 9.72. The van der Waals surface area contributed by atoms with Crippen LogP contribution in [-0.2, 0) is 6.42 Å². The van der Waals surface area contributed by atoms with Crippen LogP contribution in [0.25, 0.3) is 27.6 Å². The zero-order valence-electron chi connectivity index (χ0n) is 10.5. The van der Waals surface area contributed by atoms with Gasteiger partial charge in [0.1, 0.15) is 16.2 Å². The molecule has 0 radical (unpaired) electrons. The molecule has 0 atom stereocenters. The van der Waals surface area contributed by atoms with E-state index in [2.05, 4.69) is 37.9 Å². The summed E-state index contributed by atoms with van der Waals surface area (Å²) < 4.78 is 8.49. The van der Waals surface area contributed by atoms with Gasteiger partial charge in [0.15, 0.2) is 5.58 Å². The maximum absolute atomic E-state index is 5.73. The molecule has 0 aliphatic rings. The number of imidazole rings is 1. The molecule has 20 heavy (non-hydrogen) atoms. The topological polar surface area (TPSA) is 56.2 Å². The molecule has 0 spiro atoms. The lowest BCUT2D eigenvalue weighted by atomic mass is 10.3. The summed E-state index contributed by atoms with van der Waals surface area (Å²) in [6, 6.07) is 5.74. The lowest BCUT2D eigenvalue weighted by Crippen LogP contribution is -1.83. The standard InChI is InChI=1S/C13H9BrN4OS/c1-2-11-17-18-6-9(16-13(18)20-11)12-15-8-5-7(14)3-4-10(8)19-12/h3-6H,2H2,1H3. The van der Waals surface area contributed by atoms with Crippen molar-refractivity contribution in [3.63, 3.8) is 0 Å². The van der Waals surface area contributed by atoms with Crippen molar-refractivity contribution in [3.05, 3.63) is 33.9 Å². The summed E-state index contributed by atoms with van der Waals surface area (Å²) in [5.41, 5.74) is 2.27. The molecule has 4 rings (SSSR count). The molecule has 7 heteroatoms. The molecular weight excluding hydrogens is 340 g/mol. The second-order valence-corrected chi connectivity index (χ2v) is 6.29. The van der Waals surface area contributed by atoms with Gasteiger partial charge in [-0.25, -0.2) is 14.5 Å². The maximum atomic E-state index is 5.73. The van der Waals surface area contributed by atoms with E-state index in [0.717, 1.165) is 32.0 Å². The fourth-order valence-electron chi connectivity index (χ4n) is 2.00. The van der Waals surface area contributed by atoms with Crippen LogP contribution < -0.4 is 0 Å². The van der Waals surface area contributed by atoms with Crippen LogP contribution in [0.1, 0.15) is 11.9 Å². The van der Waals surface area contributed by atoms with Crippen molar-refractivity contribution in [1.82, 2.24) is 19.6 Å². The molecule has 0 N–H and O–H groups in total. The number of oxazole rings is 1. The Kier molecular flexibility index (Phi) is 2.64. The van der Waals surface area contributed by atoms with Crippen LogP contribution >= 0.6 is 27.3 Å². The van der Waals surface area contributed by atoms with E-state index in [1.165, 1.54) is 0 Å². The quantitative estimate of drug-likeness (QED) is 0.550. The fourth-order valence-corrected chi connectivity index (χ4v) is 3.16. The van der Waals surface area contributed by atoms with Crippen LogP contribution in [0.3, 0.4) is 0 Å². The Morgan fingerprint density at radius 2 is 2.25 bits per heavy atom. The van der Waals surface area contributed by atoms with Crippen molar-refractivity contribution in [2.45, 2.75) is 13.3 Å². The molecule has 0 aliphatic heterocycles. The van der Waals surface area contributed by atoms with Crippen LogP contribution in [0.15, 0.2) is 33.3 Å². The molecule has 5 nitrogen and oxygen atoms in total. The van der Waals surface area contributed by atoms with E-state index in [-0.39, 0.29) is 0 Å². The van der Waals surface area contributed by atoms with Crippen molar-refractivity contribution in [2.75, 3.05) is 0 Å². The number of halogens is 1. The summed E-state index contributed by atoms with van der Waals surface area (Å²) in [5.74, 6) is 0.522. The molecule has 3 heterocycles. The van der Waals surface area contributed by atoms with Crippen molar-refractivity contribution < 1.29 is 4.42 Å². The van der Waals surface area contributed by atoms with Gasteiger partial charge in [-0.2, -0.15) is 5.10 Å². The number of rotatable bonds is 2. The predicted octanol–water partition coefficient (Wildman–Crippen LogP) is 3.92. The van der Waals surface area contributed by atoms with Gasteiger partial charge in [-0.15, -0.1) is 0 Å². The molecule has 0 bridgehead atoms. The summed E-state index contributed by atoms with van der Waals surface area (Å²) in [7, 11) is 0. The Labute approximate surface area is 126 Å². The fraction of sp³-hybridized carbons (Fsp3) is 0.154. The Hall–Kier alpha value is -1.73. The van der Waals surface area contributed by atoms with Gasteiger partial charge < -0.3 is 4.42 Å². The summed E-state index contributed by atoms with van der Waals surface area (Å²) in [6.45, 7) is 2.08. The molecule has 0 unspecified atom stereocenters. The number of nitrogens with zero attached hydrogens (tertiary/aromatic N) is 4. The predicted molar refractivity (Wildman–Crippen MR) is 80.9 cm³/mol. The van der Waals surface area contributed by atoms with E-state index in [0.29, 0.717) is 11.6 Å². The molecule has 100 valence electrons. The first kappa shape index (κ1) is 12.0. The maximum Gasteiger partial charge on any atom is 0.247 e. The third-order valence-electron chi connectivity index (χ3n) is 2.96. The SMILES string of the molecule is CCc1nn2cc(-c3nc4cc(Br)ccc4o3)nc2s1. The molecule has 0 saturated heterocycles. The second-order valence-electron chi connectivity index (χ2n) is 4.33. The van der Waals surface area contributed by atoms with E-state index < -0.39 is 0 Å². The van der Waals surface area contributed by atoms with E-state index in [1.807, 2.05) is 24.4 Å². The molecule has 0 aliphatic carbocycles. The van der Waals surface area contributed by atoms with Gasteiger partial charge >= 0.3 is 0 Å². The highest BCUT2D eigenvalue weighted by molar-refractivity contribution is 9.10. The van der Waals surface area contributed by atoms with Crippen molar-refractivity contribution >= 4 is 43.3 Å². The summed E-state index contributed by atoms with van der Waals surface area (Å²) in [4.78, 5) is 9.85. The van der Waals surface area contributed by atoms with Crippen LogP contribution in [0.5, 0.6) is 0 Å². The van der Waals surface area contributed by atoms with Gasteiger partial charge in [0.05, 0.1) is 6.20 Å². The minimum absolute atomic E-state index is 0.522. The smallest absolute Gasteiger partial charge is 0.247 e. The summed E-state index contributed by atoms with van der Waals surface area (Å²) in [5, 5.41) is 5.51. The number of hydrogen-bond donors (Lipinski definition) is 0. The normalized spacial score (nSPS) is 11.7. The van der Waals surface area contributed by atoms with Gasteiger partial charge in [0.25, 0.3) is 0 Å². The highest BCUT2D eigenvalue weighted by atomic mass is 79.9. The number of fused-ring (bicyclic) bond motifs is 2. The van der Waals surface area contributed by atoms with Crippen LogP contribution in [-0.4, -0.2) is 19.6 Å². The molecular formula is C13H9BrN4OS. The zero-order valence-corrected chi connectivity index (χ0v) is 12.9. The average Bonchev–Trinajstić information content (AvgIpc) is 3.08. The lowest BCUT2D eigenvalue weighted by Gasteiger charge is -1.86. The highest BCUT2D eigenvalue weighted by Crippen LogP contribution is 2.27. The van der Waals surface area contributed by atoms with Crippen molar-refractivity contribution in [1.29, 1.82) is 0 Å². The van der Waals surface area contributed by atoms with Crippen molar-refractivity contribution in [2.24, 2.45) is 0 Å². The van der Waals surface area contributed by atoms with E-state index in [1.54, 1.807) is 15.9 Å². The minimum atomic E-state index is 0.522. The van der Waals surface area contributed by atoms with Gasteiger partial charge in [-0.3, -0.25) is 0 Å². The molecule has 0 amide bonds. The first-order valence-corrected chi connectivity index (χ1v) is 7.75. The number of aryl methyl sites for hydroxylation is 1. The van der Waals surface area contributed by atoms with Crippen LogP contribution in [0, 0.1) is 0 Å². The summed E-state index contributed by atoms with van der Waals surface area (Å²) in [6.07, 6.45) is 2.77. The second kappa shape index (κ2) is 4.39. The minimum Gasteiger partial charge on any atom is -0.435 e. The number of benzene rings is 1. The van der Waals surface area contributed by atoms with Gasteiger partial charge in [0.2, 0.25) is 10.9 Å². The highest BCUT2D eigenvalue weighted by Gasteiger charge is 2.14. The van der Waals surface area contributed by atoms with Crippen LogP contribution in [0.4, 0.5) is 0 Å². The molecule has 0 fully saturated rings. The first-order valence-electron chi connectivity index (χ1n) is 6.14. The molecule has 3 aromatic heterocycles. The Balaban J connectivity index is 1.84. The number of hydrogen-bond acceptors (Lipinski definition) is 5. The largest absolute Gasteiger partial charge is 0.435 e. The molecule has 1 aromatic carbocycles. The lowest BCUT2D eigenvalue weighted by molar-refractivity contribution is 0.617. The molecule has 4 aromatic rings. The Bertz CT molecular complexity index is 892. The zero-order chi connectivity index (χ0) is 13.7. The Morgan fingerprint density at radius 1 is 1.35 bits per heavy atom.